The van der Waals surface area contributed by atoms with Crippen LogP contribution in [0.2, 0.25) is 0 Å². The highest BCUT2D eigenvalue weighted by Crippen LogP contribution is 2.31. The van der Waals surface area contributed by atoms with Crippen LogP contribution in [-0.4, -0.2) is 32.0 Å². The molecule has 0 spiro atoms. The lowest BCUT2D eigenvalue weighted by Crippen LogP contribution is -2.41. The van der Waals surface area contributed by atoms with Gasteiger partial charge in [-0.15, -0.1) is 0 Å². The summed E-state index contributed by atoms with van der Waals surface area (Å²) in [6, 6.07) is 6.44. The van der Waals surface area contributed by atoms with Crippen LogP contribution in [0.1, 0.15) is 58.1 Å². The number of pyridine rings is 1. The number of hydrogen-bond donors (Lipinski definition) is 2. The van der Waals surface area contributed by atoms with Gasteiger partial charge in [0.25, 0.3) is 0 Å². The zero-order valence-corrected chi connectivity index (χ0v) is 15.6. The summed E-state index contributed by atoms with van der Waals surface area (Å²) < 4.78 is 2.13. The van der Waals surface area contributed by atoms with Gasteiger partial charge in [-0.1, -0.05) is 32.8 Å². The van der Waals surface area contributed by atoms with E-state index in [2.05, 4.69) is 21.2 Å². The van der Waals surface area contributed by atoms with Gasteiger partial charge in [0.2, 0.25) is 0 Å². The molecule has 25 heavy (non-hydrogen) atoms. The van der Waals surface area contributed by atoms with Gasteiger partial charge >= 0.3 is 0 Å². The average molecular weight is 342 g/mol. The van der Waals surface area contributed by atoms with Crippen LogP contribution in [0, 0.1) is 5.92 Å². The molecule has 0 amide bonds. The molecule has 2 aromatic rings. The normalized spacial score (nSPS) is 18.0. The maximum Gasteiger partial charge on any atom is 0.115 e. The average Bonchev–Trinajstić information content (AvgIpc) is 3.25. The third-order valence-electron chi connectivity index (χ3n) is 5.46. The smallest absolute Gasteiger partial charge is 0.115 e. The van der Waals surface area contributed by atoms with E-state index in [9.17, 15) is 5.11 Å². The third-order valence-corrected chi connectivity index (χ3v) is 5.46. The Kier molecular flexibility index (Phi) is 5.54. The molecular formula is C20H30N4O. The van der Waals surface area contributed by atoms with E-state index in [0.29, 0.717) is 19.1 Å². The van der Waals surface area contributed by atoms with Crippen molar-refractivity contribution in [3.8, 4) is 11.4 Å². The molecule has 3 rings (SSSR count). The molecule has 1 fully saturated rings. The van der Waals surface area contributed by atoms with E-state index in [-0.39, 0.29) is 5.92 Å². The van der Waals surface area contributed by atoms with Crippen LogP contribution in [0.15, 0.2) is 30.6 Å². The van der Waals surface area contributed by atoms with E-state index in [1.165, 1.54) is 25.7 Å². The Labute approximate surface area is 150 Å². The molecular weight excluding hydrogens is 312 g/mol. The fourth-order valence-electron chi connectivity index (χ4n) is 3.29. The summed E-state index contributed by atoms with van der Waals surface area (Å²) in [6.45, 7) is 7.20. The van der Waals surface area contributed by atoms with E-state index < -0.39 is 5.60 Å². The van der Waals surface area contributed by atoms with E-state index in [0.717, 1.165) is 17.0 Å². The zero-order chi connectivity index (χ0) is 17.9. The maximum absolute atomic E-state index is 10.4. The molecule has 0 bridgehead atoms. The van der Waals surface area contributed by atoms with Crippen molar-refractivity contribution in [1.29, 1.82) is 0 Å². The minimum atomic E-state index is -0.716. The first-order chi connectivity index (χ1) is 12.0. The third kappa shape index (κ3) is 4.28. The molecule has 2 N–H and O–H groups in total. The van der Waals surface area contributed by atoms with Gasteiger partial charge in [-0.3, -0.25) is 9.67 Å². The standard InChI is InChI=1S/C20H30N4O/c1-15(2)20(3,25)14-21-12-16-13-24(17-8-4-5-9-17)23-19(16)18-10-6-7-11-22-18/h6-7,10-11,13,15,17,21,25H,4-5,8-9,12,14H2,1-3H3/t20-/m0/s1. The highest BCUT2D eigenvalue weighted by Gasteiger charge is 2.25. The predicted molar refractivity (Wildman–Crippen MR) is 100 cm³/mol. The zero-order valence-electron chi connectivity index (χ0n) is 15.6. The number of nitrogens with one attached hydrogen (secondary N) is 1. The van der Waals surface area contributed by atoms with Gasteiger partial charge < -0.3 is 10.4 Å². The van der Waals surface area contributed by atoms with Gasteiger partial charge in [-0.05, 0) is 37.8 Å². The highest BCUT2D eigenvalue weighted by atomic mass is 16.3. The Hall–Kier alpha value is -1.72. The van der Waals surface area contributed by atoms with Crippen LogP contribution in [0.25, 0.3) is 11.4 Å². The first-order valence-corrected chi connectivity index (χ1v) is 9.40. The fourth-order valence-corrected chi connectivity index (χ4v) is 3.29. The van der Waals surface area contributed by atoms with E-state index in [4.69, 9.17) is 5.10 Å². The summed E-state index contributed by atoms with van der Waals surface area (Å²) in [5.74, 6) is 0.205. The van der Waals surface area contributed by atoms with Crippen LogP contribution in [0.3, 0.4) is 0 Å². The topological polar surface area (TPSA) is 63.0 Å². The van der Waals surface area contributed by atoms with Crippen molar-refractivity contribution < 1.29 is 5.11 Å². The molecule has 1 saturated carbocycles. The van der Waals surface area contributed by atoms with Crippen molar-refractivity contribution in [1.82, 2.24) is 20.1 Å². The Morgan fingerprint density at radius 3 is 2.72 bits per heavy atom. The molecule has 0 saturated heterocycles. The second-order valence-corrected chi connectivity index (χ2v) is 7.75. The summed E-state index contributed by atoms with van der Waals surface area (Å²) in [4.78, 5) is 4.48. The van der Waals surface area contributed by atoms with Gasteiger partial charge in [0.05, 0.1) is 17.3 Å². The SMILES string of the molecule is CC(C)[C@@](C)(O)CNCc1cn(C2CCCC2)nc1-c1ccccn1. The molecule has 5 nitrogen and oxygen atoms in total. The fraction of sp³-hybridized carbons (Fsp3) is 0.600. The monoisotopic (exact) mass is 342 g/mol. The van der Waals surface area contributed by atoms with Gasteiger partial charge in [0.15, 0.2) is 0 Å². The van der Waals surface area contributed by atoms with Crippen LogP contribution in [0.4, 0.5) is 0 Å². The van der Waals surface area contributed by atoms with E-state index in [1.54, 1.807) is 0 Å². The van der Waals surface area contributed by atoms with E-state index in [1.807, 2.05) is 45.2 Å². The van der Waals surface area contributed by atoms with Crippen molar-refractivity contribution in [2.45, 2.75) is 64.6 Å². The molecule has 0 unspecified atom stereocenters. The molecule has 0 aromatic carbocycles. The number of aromatic nitrogens is 3. The molecule has 1 aliphatic rings. The Morgan fingerprint density at radius 1 is 1.32 bits per heavy atom. The second kappa shape index (κ2) is 7.67. The van der Waals surface area contributed by atoms with Crippen LogP contribution in [0.5, 0.6) is 0 Å². The van der Waals surface area contributed by atoms with Gasteiger partial charge in [0.1, 0.15) is 5.69 Å². The number of hydrogen-bond acceptors (Lipinski definition) is 4. The van der Waals surface area contributed by atoms with Crippen LogP contribution >= 0.6 is 0 Å². The Bertz CT molecular complexity index is 672. The van der Waals surface area contributed by atoms with Crippen LogP contribution < -0.4 is 5.32 Å². The minimum Gasteiger partial charge on any atom is -0.389 e. The largest absolute Gasteiger partial charge is 0.389 e. The molecule has 0 radical (unpaired) electrons. The van der Waals surface area contributed by atoms with Gasteiger partial charge in [0, 0.05) is 31.0 Å². The molecule has 2 heterocycles. The molecule has 0 aliphatic heterocycles. The van der Waals surface area contributed by atoms with Crippen molar-refractivity contribution in [2.75, 3.05) is 6.54 Å². The van der Waals surface area contributed by atoms with Crippen molar-refractivity contribution in [2.24, 2.45) is 5.92 Å². The van der Waals surface area contributed by atoms with Gasteiger partial charge in [-0.2, -0.15) is 5.10 Å². The van der Waals surface area contributed by atoms with E-state index >= 15 is 0 Å². The summed E-state index contributed by atoms with van der Waals surface area (Å²) in [6.07, 6.45) is 8.96. The first kappa shape index (κ1) is 18.1. The molecule has 5 heteroatoms. The van der Waals surface area contributed by atoms with Crippen LogP contribution in [-0.2, 0) is 6.54 Å². The second-order valence-electron chi connectivity index (χ2n) is 7.75. The van der Waals surface area contributed by atoms with Crippen molar-refractivity contribution >= 4 is 0 Å². The van der Waals surface area contributed by atoms with Crippen molar-refractivity contribution in [3.05, 3.63) is 36.2 Å². The Balaban J connectivity index is 1.79. The lowest BCUT2D eigenvalue weighted by molar-refractivity contribution is 0.0140. The lowest BCUT2D eigenvalue weighted by Gasteiger charge is -2.27. The Morgan fingerprint density at radius 2 is 2.08 bits per heavy atom. The van der Waals surface area contributed by atoms with Gasteiger partial charge in [-0.25, -0.2) is 0 Å². The predicted octanol–water partition coefficient (Wildman–Crippen LogP) is 3.56. The molecule has 1 atom stereocenters. The highest BCUT2D eigenvalue weighted by molar-refractivity contribution is 5.58. The number of nitrogens with zero attached hydrogens (tertiary/aromatic N) is 3. The first-order valence-electron chi connectivity index (χ1n) is 9.40. The summed E-state index contributed by atoms with van der Waals surface area (Å²) in [7, 11) is 0. The van der Waals surface area contributed by atoms with Crippen molar-refractivity contribution in [3.63, 3.8) is 0 Å². The molecule has 136 valence electrons. The quantitative estimate of drug-likeness (QED) is 0.808. The molecule has 2 aromatic heterocycles. The number of aliphatic hydroxyl groups is 1. The minimum absolute atomic E-state index is 0.205. The summed E-state index contributed by atoms with van der Waals surface area (Å²) in [5.41, 5.74) is 2.29. The summed E-state index contributed by atoms with van der Waals surface area (Å²) >= 11 is 0. The number of rotatable bonds is 7. The maximum atomic E-state index is 10.4. The lowest BCUT2D eigenvalue weighted by atomic mass is 9.92. The molecule has 1 aliphatic carbocycles. The summed E-state index contributed by atoms with van der Waals surface area (Å²) in [5, 5.41) is 18.7.